The minimum absolute atomic E-state index is 0.0149. The van der Waals surface area contributed by atoms with Gasteiger partial charge in [-0.15, -0.1) is 10.2 Å². The minimum Gasteiger partial charge on any atom is -0.419 e. The average Bonchev–Trinajstić information content (AvgIpc) is 2.94. The van der Waals surface area contributed by atoms with Crippen molar-refractivity contribution in [1.82, 2.24) is 15.5 Å². The van der Waals surface area contributed by atoms with Crippen molar-refractivity contribution >= 4 is 0 Å². The Bertz CT molecular complexity index is 640. The Morgan fingerprint density at radius 3 is 1.95 bits per heavy atom. The lowest BCUT2D eigenvalue weighted by molar-refractivity contribution is 0.374. The summed E-state index contributed by atoms with van der Waals surface area (Å²) < 4.78 is 71.4. The van der Waals surface area contributed by atoms with Gasteiger partial charge in [0.15, 0.2) is 23.3 Å². The Labute approximate surface area is 116 Å². The third kappa shape index (κ3) is 2.48. The van der Waals surface area contributed by atoms with Crippen molar-refractivity contribution in [2.45, 2.75) is 19.4 Å². The average molecular weight is 307 g/mol. The van der Waals surface area contributed by atoms with Gasteiger partial charge in [0, 0.05) is 0 Å². The SMILES string of the molecule is CCC(NC)c1nnc(-c2c(F)c(F)c(F)c(F)c2F)o1. The molecule has 0 spiro atoms. The quantitative estimate of drug-likeness (QED) is 0.536. The van der Waals surface area contributed by atoms with Gasteiger partial charge in [0.2, 0.25) is 11.7 Å². The van der Waals surface area contributed by atoms with Crippen molar-refractivity contribution in [3.63, 3.8) is 0 Å². The molecule has 21 heavy (non-hydrogen) atoms. The predicted molar refractivity (Wildman–Crippen MR) is 61.6 cm³/mol. The summed E-state index contributed by atoms with van der Waals surface area (Å²) in [6, 6.07) is -0.396. The maximum absolute atomic E-state index is 13.6. The second-order valence-corrected chi connectivity index (χ2v) is 4.14. The van der Waals surface area contributed by atoms with Crippen molar-refractivity contribution in [1.29, 1.82) is 0 Å². The molecule has 1 N–H and O–H groups in total. The first-order valence-electron chi connectivity index (χ1n) is 5.94. The summed E-state index contributed by atoms with van der Waals surface area (Å²) in [5.41, 5.74) is -1.24. The van der Waals surface area contributed by atoms with E-state index in [1.807, 2.05) is 0 Å². The first-order valence-corrected chi connectivity index (χ1v) is 5.94. The Morgan fingerprint density at radius 1 is 0.952 bits per heavy atom. The summed E-state index contributed by atoms with van der Waals surface area (Å²) in [6.07, 6.45) is 0.523. The van der Waals surface area contributed by atoms with Crippen LogP contribution in [-0.2, 0) is 0 Å². The molecule has 0 aliphatic carbocycles. The summed E-state index contributed by atoms with van der Waals surface area (Å²) in [7, 11) is 1.59. The Balaban J connectivity index is 2.58. The molecule has 2 aromatic rings. The fourth-order valence-electron chi connectivity index (χ4n) is 1.77. The molecule has 0 aliphatic heterocycles. The number of nitrogens with one attached hydrogen (secondary N) is 1. The van der Waals surface area contributed by atoms with E-state index in [-0.39, 0.29) is 5.89 Å². The highest BCUT2D eigenvalue weighted by atomic mass is 19.2. The predicted octanol–water partition coefficient (Wildman–Crippen LogP) is 3.10. The molecule has 1 unspecified atom stereocenters. The first kappa shape index (κ1) is 15.4. The lowest BCUT2D eigenvalue weighted by Crippen LogP contribution is -2.15. The molecular weight excluding hydrogens is 297 g/mol. The minimum atomic E-state index is -2.24. The molecule has 1 heterocycles. The van der Waals surface area contributed by atoms with Crippen LogP contribution in [0.15, 0.2) is 4.42 Å². The number of benzene rings is 1. The van der Waals surface area contributed by atoms with Crippen LogP contribution in [0.2, 0.25) is 0 Å². The number of nitrogens with zero attached hydrogens (tertiary/aromatic N) is 2. The van der Waals surface area contributed by atoms with Crippen LogP contribution in [0.1, 0.15) is 25.3 Å². The van der Waals surface area contributed by atoms with Gasteiger partial charge in [-0.2, -0.15) is 0 Å². The Kier molecular flexibility index (Phi) is 4.21. The van der Waals surface area contributed by atoms with Crippen molar-refractivity contribution < 1.29 is 26.4 Å². The molecule has 1 aromatic heterocycles. The molecule has 114 valence electrons. The van der Waals surface area contributed by atoms with Crippen molar-refractivity contribution in [3.8, 4) is 11.5 Å². The third-order valence-electron chi connectivity index (χ3n) is 2.92. The summed E-state index contributed by atoms with van der Waals surface area (Å²) in [5, 5.41) is 9.69. The Hall–Kier alpha value is -2.03. The van der Waals surface area contributed by atoms with E-state index in [9.17, 15) is 22.0 Å². The van der Waals surface area contributed by atoms with Gasteiger partial charge in [0.05, 0.1) is 6.04 Å². The number of hydrogen-bond donors (Lipinski definition) is 1. The highest BCUT2D eigenvalue weighted by molar-refractivity contribution is 5.55. The van der Waals surface area contributed by atoms with Crippen LogP contribution < -0.4 is 5.32 Å². The zero-order valence-corrected chi connectivity index (χ0v) is 11.0. The summed E-state index contributed by atoms with van der Waals surface area (Å²) in [4.78, 5) is 0. The van der Waals surface area contributed by atoms with Gasteiger partial charge < -0.3 is 9.73 Å². The monoisotopic (exact) mass is 307 g/mol. The van der Waals surface area contributed by atoms with Crippen LogP contribution in [0.25, 0.3) is 11.5 Å². The second kappa shape index (κ2) is 5.76. The van der Waals surface area contributed by atoms with E-state index >= 15 is 0 Å². The van der Waals surface area contributed by atoms with Crippen LogP contribution in [0, 0.1) is 29.1 Å². The Morgan fingerprint density at radius 2 is 1.48 bits per heavy atom. The van der Waals surface area contributed by atoms with E-state index in [0.29, 0.717) is 6.42 Å². The van der Waals surface area contributed by atoms with Crippen LogP contribution in [-0.4, -0.2) is 17.2 Å². The summed E-state index contributed by atoms with van der Waals surface area (Å²) >= 11 is 0. The van der Waals surface area contributed by atoms with Crippen LogP contribution in [0.5, 0.6) is 0 Å². The topological polar surface area (TPSA) is 51.0 Å². The molecule has 0 aliphatic rings. The van der Waals surface area contributed by atoms with E-state index in [1.165, 1.54) is 0 Å². The molecule has 1 aromatic carbocycles. The first-order chi connectivity index (χ1) is 9.92. The van der Waals surface area contributed by atoms with E-state index in [4.69, 9.17) is 4.42 Å². The lowest BCUT2D eigenvalue weighted by atomic mass is 10.1. The van der Waals surface area contributed by atoms with Crippen LogP contribution in [0.3, 0.4) is 0 Å². The zero-order chi connectivity index (χ0) is 15.7. The zero-order valence-electron chi connectivity index (χ0n) is 11.0. The molecule has 0 radical (unpaired) electrons. The molecule has 0 saturated heterocycles. The number of rotatable bonds is 4. The molecule has 0 bridgehead atoms. The maximum Gasteiger partial charge on any atom is 0.253 e. The van der Waals surface area contributed by atoms with E-state index < -0.39 is 46.6 Å². The number of halogens is 5. The van der Waals surface area contributed by atoms with E-state index in [2.05, 4.69) is 15.5 Å². The molecular formula is C12H10F5N3O. The van der Waals surface area contributed by atoms with Gasteiger partial charge in [0.1, 0.15) is 5.56 Å². The van der Waals surface area contributed by atoms with Gasteiger partial charge in [-0.25, -0.2) is 22.0 Å². The normalized spacial score (nSPS) is 12.7. The molecule has 0 amide bonds. The summed E-state index contributed by atoms with van der Waals surface area (Å²) in [6.45, 7) is 1.78. The smallest absolute Gasteiger partial charge is 0.253 e. The number of hydrogen-bond acceptors (Lipinski definition) is 4. The molecule has 4 nitrogen and oxygen atoms in total. The molecule has 0 fully saturated rings. The molecule has 1 atom stereocenters. The fraction of sp³-hybridized carbons (Fsp3) is 0.333. The molecule has 0 saturated carbocycles. The van der Waals surface area contributed by atoms with Crippen molar-refractivity contribution in [3.05, 3.63) is 35.0 Å². The maximum atomic E-state index is 13.6. The lowest BCUT2D eigenvalue weighted by Gasteiger charge is -2.07. The fourth-order valence-corrected chi connectivity index (χ4v) is 1.77. The standard InChI is InChI=1S/C12H10F5N3O/c1-3-4(18-2)11-19-20-12(21-11)5-6(13)8(15)10(17)9(16)7(5)14/h4,18H,3H2,1-2H3. The number of aromatic nitrogens is 2. The molecule has 9 heteroatoms. The highest BCUT2D eigenvalue weighted by Crippen LogP contribution is 2.31. The van der Waals surface area contributed by atoms with E-state index in [1.54, 1.807) is 14.0 Å². The van der Waals surface area contributed by atoms with Gasteiger partial charge in [0.25, 0.3) is 5.89 Å². The summed E-state index contributed by atoms with van der Waals surface area (Å²) in [5.74, 6) is -11.2. The van der Waals surface area contributed by atoms with Gasteiger partial charge in [-0.05, 0) is 13.5 Å². The van der Waals surface area contributed by atoms with Gasteiger partial charge in [-0.1, -0.05) is 6.92 Å². The largest absolute Gasteiger partial charge is 0.419 e. The van der Waals surface area contributed by atoms with Crippen molar-refractivity contribution in [2.75, 3.05) is 7.05 Å². The van der Waals surface area contributed by atoms with Crippen LogP contribution in [0.4, 0.5) is 22.0 Å². The second-order valence-electron chi connectivity index (χ2n) is 4.14. The van der Waals surface area contributed by atoms with Gasteiger partial charge in [-0.3, -0.25) is 0 Å². The van der Waals surface area contributed by atoms with Gasteiger partial charge >= 0.3 is 0 Å². The van der Waals surface area contributed by atoms with Crippen molar-refractivity contribution in [2.24, 2.45) is 0 Å². The third-order valence-corrected chi connectivity index (χ3v) is 2.92. The van der Waals surface area contributed by atoms with Crippen LogP contribution >= 0.6 is 0 Å². The highest BCUT2D eigenvalue weighted by Gasteiger charge is 2.30. The molecule has 2 rings (SSSR count). The van der Waals surface area contributed by atoms with E-state index in [0.717, 1.165) is 0 Å².